The smallest absolute Gasteiger partial charge is 0.221 e. The molecule has 3 N–H and O–H groups in total. The Balaban J connectivity index is 2.80. The van der Waals surface area contributed by atoms with Crippen molar-refractivity contribution in [3.05, 3.63) is 23.8 Å². The molecule has 0 heterocycles. The molecule has 21 heavy (non-hydrogen) atoms. The van der Waals surface area contributed by atoms with Crippen molar-refractivity contribution >= 4 is 5.91 Å². The summed E-state index contributed by atoms with van der Waals surface area (Å²) in [6.45, 7) is 6.49. The van der Waals surface area contributed by atoms with Gasteiger partial charge in [0, 0.05) is 24.4 Å². The van der Waals surface area contributed by atoms with Gasteiger partial charge in [-0.15, -0.1) is 0 Å². The molecule has 1 aromatic carbocycles. The van der Waals surface area contributed by atoms with Gasteiger partial charge >= 0.3 is 0 Å². The Bertz CT molecular complexity index is 484. The van der Waals surface area contributed by atoms with Gasteiger partial charge in [-0.25, -0.2) is 0 Å². The van der Waals surface area contributed by atoms with Crippen molar-refractivity contribution in [3.63, 3.8) is 0 Å². The van der Waals surface area contributed by atoms with Crippen molar-refractivity contribution in [2.75, 3.05) is 20.8 Å². The summed E-state index contributed by atoms with van der Waals surface area (Å²) in [5.41, 5.74) is 6.48. The van der Waals surface area contributed by atoms with Crippen LogP contribution in [0.25, 0.3) is 0 Å². The highest BCUT2D eigenvalue weighted by atomic mass is 16.5. The second-order valence-corrected chi connectivity index (χ2v) is 5.91. The number of rotatable bonds is 7. The monoisotopic (exact) mass is 294 g/mol. The van der Waals surface area contributed by atoms with Crippen molar-refractivity contribution in [1.29, 1.82) is 0 Å². The van der Waals surface area contributed by atoms with Gasteiger partial charge in [0.15, 0.2) is 11.5 Å². The molecule has 0 bridgehead atoms. The Labute approximate surface area is 126 Å². The van der Waals surface area contributed by atoms with Gasteiger partial charge in [0.2, 0.25) is 5.91 Å². The molecule has 1 amide bonds. The molecule has 118 valence electrons. The summed E-state index contributed by atoms with van der Waals surface area (Å²) in [6.07, 6.45) is 0.335. The van der Waals surface area contributed by atoms with Crippen LogP contribution in [0.1, 0.15) is 32.8 Å². The number of hydrogen-bond donors (Lipinski definition) is 2. The van der Waals surface area contributed by atoms with Crippen LogP contribution in [0.15, 0.2) is 18.2 Å². The molecule has 1 rings (SSSR count). The summed E-state index contributed by atoms with van der Waals surface area (Å²) in [6, 6.07) is 5.67. The van der Waals surface area contributed by atoms with E-state index in [1.165, 1.54) is 0 Å². The maximum Gasteiger partial charge on any atom is 0.221 e. The van der Waals surface area contributed by atoms with E-state index in [1.54, 1.807) is 14.2 Å². The minimum atomic E-state index is -0.215. The van der Waals surface area contributed by atoms with Gasteiger partial charge in [0.25, 0.3) is 0 Å². The first kappa shape index (κ1) is 17.3. The standard InChI is InChI=1S/C16H26N2O3/c1-11(17)8-15(19)18-10-16(2,3)12-6-7-13(20-4)14(9-12)21-5/h6-7,9,11H,8,10,17H2,1-5H3,(H,18,19). The van der Waals surface area contributed by atoms with Crippen LogP contribution >= 0.6 is 0 Å². The van der Waals surface area contributed by atoms with Crippen LogP contribution in [-0.4, -0.2) is 32.7 Å². The zero-order valence-electron chi connectivity index (χ0n) is 13.5. The summed E-state index contributed by atoms with van der Waals surface area (Å²) < 4.78 is 10.6. The fraction of sp³-hybridized carbons (Fsp3) is 0.562. The number of hydrogen-bond acceptors (Lipinski definition) is 4. The van der Waals surface area contributed by atoms with Crippen molar-refractivity contribution in [3.8, 4) is 11.5 Å². The summed E-state index contributed by atoms with van der Waals surface area (Å²) in [5.74, 6) is 1.35. The number of ether oxygens (including phenoxy) is 2. The summed E-state index contributed by atoms with van der Waals surface area (Å²) >= 11 is 0. The van der Waals surface area contributed by atoms with E-state index >= 15 is 0 Å². The number of methoxy groups -OCH3 is 2. The van der Waals surface area contributed by atoms with Gasteiger partial charge in [0.1, 0.15) is 0 Å². The van der Waals surface area contributed by atoms with E-state index in [-0.39, 0.29) is 17.4 Å². The van der Waals surface area contributed by atoms with Crippen LogP contribution in [0.4, 0.5) is 0 Å². The molecule has 0 radical (unpaired) electrons. The van der Waals surface area contributed by atoms with Crippen LogP contribution in [0, 0.1) is 0 Å². The molecule has 1 atom stereocenters. The van der Waals surface area contributed by atoms with Gasteiger partial charge in [-0.05, 0) is 24.6 Å². The molecule has 0 saturated heterocycles. The van der Waals surface area contributed by atoms with E-state index in [9.17, 15) is 4.79 Å². The van der Waals surface area contributed by atoms with Crippen LogP contribution in [0.5, 0.6) is 11.5 Å². The van der Waals surface area contributed by atoms with E-state index in [0.29, 0.717) is 24.5 Å². The SMILES string of the molecule is COc1ccc(C(C)(C)CNC(=O)CC(C)N)cc1OC. The minimum absolute atomic E-state index is 0.0291. The van der Waals surface area contributed by atoms with Gasteiger partial charge < -0.3 is 20.5 Å². The Hall–Kier alpha value is -1.75. The van der Waals surface area contributed by atoms with E-state index in [4.69, 9.17) is 15.2 Å². The molecule has 0 aliphatic carbocycles. The Kier molecular flexibility index (Phi) is 6.03. The quantitative estimate of drug-likeness (QED) is 0.804. The average molecular weight is 294 g/mol. The molecule has 1 aromatic rings. The second kappa shape index (κ2) is 7.31. The van der Waals surface area contributed by atoms with E-state index in [0.717, 1.165) is 5.56 Å². The molecule has 5 nitrogen and oxygen atoms in total. The van der Waals surface area contributed by atoms with Crippen molar-refractivity contribution in [1.82, 2.24) is 5.32 Å². The van der Waals surface area contributed by atoms with E-state index in [1.807, 2.05) is 25.1 Å². The predicted molar refractivity (Wildman–Crippen MR) is 83.8 cm³/mol. The molecule has 0 spiro atoms. The third kappa shape index (κ3) is 4.93. The number of carbonyl (C=O) groups is 1. The topological polar surface area (TPSA) is 73.6 Å². The molecule has 5 heteroatoms. The summed E-state index contributed by atoms with van der Waals surface area (Å²) in [5, 5.41) is 2.93. The molecule has 0 fully saturated rings. The van der Waals surface area contributed by atoms with Gasteiger partial charge in [0.05, 0.1) is 14.2 Å². The fourth-order valence-electron chi connectivity index (χ4n) is 2.04. The summed E-state index contributed by atoms with van der Waals surface area (Å²) in [7, 11) is 3.22. The molecule has 1 unspecified atom stereocenters. The zero-order valence-corrected chi connectivity index (χ0v) is 13.5. The Morgan fingerprint density at radius 2 is 1.90 bits per heavy atom. The third-order valence-electron chi connectivity index (χ3n) is 3.40. The van der Waals surface area contributed by atoms with Crippen molar-refractivity contribution in [2.24, 2.45) is 5.73 Å². The minimum Gasteiger partial charge on any atom is -0.493 e. The van der Waals surface area contributed by atoms with E-state index in [2.05, 4.69) is 19.2 Å². The van der Waals surface area contributed by atoms with Crippen LogP contribution < -0.4 is 20.5 Å². The van der Waals surface area contributed by atoms with Crippen LogP contribution in [0.3, 0.4) is 0 Å². The highest BCUT2D eigenvalue weighted by Gasteiger charge is 2.23. The molecule has 0 aromatic heterocycles. The molecule has 0 aliphatic rings. The lowest BCUT2D eigenvalue weighted by molar-refractivity contribution is -0.121. The van der Waals surface area contributed by atoms with Gasteiger partial charge in [-0.2, -0.15) is 0 Å². The first-order valence-corrected chi connectivity index (χ1v) is 7.05. The van der Waals surface area contributed by atoms with E-state index < -0.39 is 0 Å². The van der Waals surface area contributed by atoms with Gasteiger partial charge in [-0.3, -0.25) is 4.79 Å². The normalized spacial score (nSPS) is 12.7. The highest BCUT2D eigenvalue weighted by molar-refractivity contribution is 5.76. The van der Waals surface area contributed by atoms with Crippen molar-refractivity contribution in [2.45, 2.75) is 38.6 Å². The Morgan fingerprint density at radius 3 is 2.43 bits per heavy atom. The van der Waals surface area contributed by atoms with Crippen molar-refractivity contribution < 1.29 is 14.3 Å². The zero-order chi connectivity index (χ0) is 16.0. The largest absolute Gasteiger partial charge is 0.493 e. The van der Waals surface area contributed by atoms with Crippen LogP contribution in [0.2, 0.25) is 0 Å². The highest BCUT2D eigenvalue weighted by Crippen LogP contribution is 2.32. The lowest BCUT2D eigenvalue weighted by atomic mass is 9.84. The number of benzene rings is 1. The van der Waals surface area contributed by atoms with Crippen LogP contribution in [-0.2, 0) is 10.2 Å². The number of nitrogens with one attached hydrogen (secondary N) is 1. The number of nitrogens with two attached hydrogens (primary N) is 1. The molecular formula is C16H26N2O3. The van der Waals surface area contributed by atoms with Gasteiger partial charge in [-0.1, -0.05) is 19.9 Å². The predicted octanol–water partition coefficient (Wildman–Crippen LogP) is 1.83. The second-order valence-electron chi connectivity index (χ2n) is 5.91. The number of amides is 1. The molecular weight excluding hydrogens is 268 g/mol. The first-order valence-electron chi connectivity index (χ1n) is 7.05. The number of carbonyl (C=O) groups excluding carboxylic acids is 1. The Morgan fingerprint density at radius 1 is 1.29 bits per heavy atom. The lowest BCUT2D eigenvalue weighted by Gasteiger charge is -2.26. The molecule has 0 aliphatic heterocycles. The fourth-order valence-corrected chi connectivity index (χ4v) is 2.04. The molecule has 0 saturated carbocycles. The maximum absolute atomic E-state index is 11.7. The maximum atomic E-state index is 11.7. The first-order chi connectivity index (χ1) is 9.80. The third-order valence-corrected chi connectivity index (χ3v) is 3.40. The lowest BCUT2D eigenvalue weighted by Crippen LogP contribution is -2.38. The average Bonchev–Trinajstić information content (AvgIpc) is 2.43. The summed E-state index contributed by atoms with van der Waals surface area (Å²) in [4.78, 5) is 11.7.